The van der Waals surface area contributed by atoms with Gasteiger partial charge in [-0.25, -0.2) is 0 Å². The van der Waals surface area contributed by atoms with Crippen molar-refractivity contribution >= 4 is 5.91 Å². The number of hydrogen-bond donors (Lipinski definition) is 1. The summed E-state index contributed by atoms with van der Waals surface area (Å²) in [6.07, 6.45) is 5.59. The van der Waals surface area contributed by atoms with Crippen molar-refractivity contribution in [3.63, 3.8) is 0 Å². The Labute approximate surface area is 104 Å². The van der Waals surface area contributed by atoms with Gasteiger partial charge >= 0.3 is 0 Å². The molecule has 0 aromatic carbocycles. The van der Waals surface area contributed by atoms with Crippen LogP contribution in [0.3, 0.4) is 0 Å². The molecule has 0 unspecified atom stereocenters. The monoisotopic (exact) mass is 240 g/mol. The molecule has 2 rings (SSSR count). The quantitative estimate of drug-likeness (QED) is 0.801. The van der Waals surface area contributed by atoms with E-state index in [-0.39, 0.29) is 6.04 Å². The molecule has 2 atom stereocenters. The molecule has 4 nitrogen and oxygen atoms in total. The Morgan fingerprint density at radius 3 is 2.94 bits per heavy atom. The molecule has 2 fully saturated rings. The lowest BCUT2D eigenvalue weighted by Crippen LogP contribution is -2.50. The molecule has 1 N–H and O–H groups in total. The van der Waals surface area contributed by atoms with Gasteiger partial charge in [0.25, 0.3) is 0 Å². The van der Waals surface area contributed by atoms with Crippen molar-refractivity contribution in [2.75, 3.05) is 26.3 Å². The summed E-state index contributed by atoms with van der Waals surface area (Å²) < 4.78 is 5.47. The Hall–Kier alpha value is -0.610. The first-order valence-electron chi connectivity index (χ1n) is 6.94. The third kappa shape index (κ3) is 3.19. The van der Waals surface area contributed by atoms with E-state index in [1.165, 1.54) is 12.8 Å². The number of hydrogen-bond acceptors (Lipinski definition) is 3. The normalized spacial score (nSPS) is 29.6. The molecule has 0 bridgehead atoms. The van der Waals surface area contributed by atoms with Crippen molar-refractivity contribution in [2.45, 2.75) is 51.1 Å². The fraction of sp³-hybridized carbons (Fsp3) is 0.923. The molecule has 1 amide bonds. The predicted molar refractivity (Wildman–Crippen MR) is 66.9 cm³/mol. The predicted octanol–water partition coefficient (Wildman–Crippen LogP) is 1.16. The van der Waals surface area contributed by atoms with E-state index in [9.17, 15) is 4.79 Å². The highest BCUT2D eigenvalue weighted by Crippen LogP contribution is 2.20. The topological polar surface area (TPSA) is 41.6 Å². The van der Waals surface area contributed by atoms with Crippen LogP contribution in [-0.2, 0) is 9.53 Å². The van der Waals surface area contributed by atoms with Gasteiger partial charge in [0.1, 0.15) is 0 Å². The maximum Gasteiger partial charge on any atom is 0.240 e. The molecular weight excluding hydrogens is 216 g/mol. The molecule has 4 heteroatoms. The van der Waals surface area contributed by atoms with Gasteiger partial charge < -0.3 is 15.0 Å². The summed E-state index contributed by atoms with van der Waals surface area (Å²) in [5.74, 6) is 0.298. The molecule has 2 saturated heterocycles. The number of likely N-dealkylation sites (tertiary alicyclic amines) is 1. The van der Waals surface area contributed by atoms with Gasteiger partial charge in [-0.1, -0.05) is 6.42 Å². The molecule has 0 radical (unpaired) electrons. The van der Waals surface area contributed by atoms with Crippen molar-refractivity contribution in [1.82, 2.24) is 10.2 Å². The van der Waals surface area contributed by atoms with E-state index in [1.807, 2.05) is 11.8 Å². The highest BCUT2D eigenvalue weighted by atomic mass is 16.5. The van der Waals surface area contributed by atoms with Gasteiger partial charge in [0, 0.05) is 13.2 Å². The molecule has 0 saturated carbocycles. The van der Waals surface area contributed by atoms with Crippen molar-refractivity contribution < 1.29 is 9.53 Å². The second-order valence-electron chi connectivity index (χ2n) is 4.99. The Morgan fingerprint density at radius 2 is 2.24 bits per heavy atom. The molecule has 2 aliphatic heterocycles. The Bertz CT molecular complexity index is 252. The summed E-state index contributed by atoms with van der Waals surface area (Å²) in [7, 11) is 0. The van der Waals surface area contributed by atoms with Gasteiger partial charge in [0.15, 0.2) is 0 Å². The Kier molecular flexibility index (Phi) is 4.80. The van der Waals surface area contributed by atoms with Crippen molar-refractivity contribution in [3.05, 3.63) is 0 Å². The van der Waals surface area contributed by atoms with Crippen molar-refractivity contribution in [3.8, 4) is 0 Å². The van der Waals surface area contributed by atoms with Crippen molar-refractivity contribution in [2.24, 2.45) is 0 Å². The Morgan fingerprint density at radius 1 is 1.35 bits per heavy atom. The first-order chi connectivity index (χ1) is 8.33. The van der Waals surface area contributed by atoms with Gasteiger partial charge in [0.05, 0.1) is 18.7 Å². The number of carbonyl (C=O) groups is 1. The number of nitrogens with one attached hydrogen (secondary N) is 1. The molecule has 2 heterocycles. The molecule has 0 aromatic rings. The third-order valence-corrected chi connectivity index (χ3v) is 3.78. The van der Waals surface area contributed by atoms with Crippen LogP contribution >= 0.6 is 0 Å². The molecule has 0 spiro atoms. The second kappa shape index (κ2) is 6.36. The van der Waals surface area contributed by atoms with E-state index in [0.29, 0.717) is 18.6 Å². The average molecular weight is 240 g/mol. The molecule has 0 aromatic heterocycles. The summed E-state index contributed by atoms with van der Waals surface area (Å²) in [5, 5.41) is 3.34. The van der Waals surface area contributed by atoms with Crippen LogP contribution < -0.4 is 5.32 Å². The van der Waals surface area contributed by atoms with E-state index < -0.39 is 0 Å². The zero-order valence-electron chi connectivity index (χ0n) is 10.8. The largest absolute Gasteiger partial charge is 0.380 e. The standard InChI is InChI=1S/C13H24N2O2/c1-2-17-10-11-6-5-9-15(11)13(16)12-7-3-4-8-14-12/h11-12,14H,2-10H2,1H3/t11-,12+/m0/s1. The van der Waals surface area contributed by atoms with Gasteiger partial charge in [0.2, 0.25) is 5.91 Å². The molecule has 2 aliphatic rings. The first-order valence-corrected chi connectivity index (χ1v) is 6.94. The van der Waals surface area contributed by atoms with E-state index in [0.717, 1.165) is 39.0 Å². The number of nitrogens with zero attached hydrogens (tertiary/aromatic N) is 1. The maximum atomic E-state index is 12.4. The number of amides is 1. The second-order valence-corrected chi connectivity index (χ2v) is 4.99. The van der Waals surface area contributed by atoms with Gasteiger partial charge in [-0.2, -0.15) is 0 Å². The average Bonchev–Trinajstić information content (AvgIpc) is 2.84. The highest BCUT2D eigenvalue weighted by Gasteiger charge is 2.33. The van der Waals surface area contributed by atoms with E-state index in [2.05, 4.69) is 5.32 Å². The van der Waals surface area contributed by atoms with E-state index in [1.54, 1.807) is 0 Å². The van der Waals surface area contributed by atoms with Crippen LogP contribution in [0.2, 0.25) is 0 Å². The molecule has 17 heavy (non-hydrogen) atoms. The summed E-state index contributed by atoms with van der Waals surface area (Å²) in [6.45, 7) is 5.34. The lowest BCUT2D eigenvalue weighted by molar-refractivity contribution is -0.135. The van der Waals surface area contributed by atoms with Crippen LogP contribution in [0.5, 0.6) is 0 Å². The fourth-order valence-electron chi connectivity index (χ4n) is 2.82. The van der Waals surface area contributed by atoms with Crippen LogP contribution in [0.1, 0.15) is 39.0 Å². The number of ether oxygens (including phenoxy) is 1. The van der Waals surface area contributed by atoms with Gasteiger partial charge in [-0.3, -0.25) is 4.79 Å². The van der Waals surface area contributed by atoms with Crippen LogP contribution in [0, 0.1) is 0 Å². The Balaban J connectivity index is 1.88. The van der Waals surface area contributed by atoms with Crippen LogP contribution in [0.25, 0.3) is 0 Å². The van der Waals surface area contributed by atoms with Crippen LogP contribution in [0.4, 0.5) is 0 Å². The van der Waals surface area contributed by atoms with Crippen molar-refractivity contribution in [1.29, 1.82) is 0 Å². The zero-order chi connectivity index (χ0) is 12.1. The summed E-state index contributed by atoms with van der Waals surface area (Å²) >= 11 is 0. The maximum absolute atomic E-state index is 12.4. The molecule has 98 valence electrons. The minimum Gasteiger partial charge on any atom is -0.380 e. The fourth-order valence-corrected chi connectivity index (χ4v) is 2.82. The lowest BCUT2D eigenvalue weighted by Gasteiger charge is -2.31. The number of carbonyl (C=O) groups excluding carboxylic acids is 1. The van der Waals surface area contributed by atoms with E-state index >= 15 is 0 Å². The lowest BCUT2D eigenvalue weighted by atomic mass is 10.0. The van der Waals surface area contributed by atoms with E-state index in [4.69, 9.17) is 4.74 Å². The molecular formula is C13H24N2O2. The number of rotatable bonds is 4. The SMILES string of the molecule is CCOC[C@@H]1CCCN1C(=O)[C@H]1CCCCN1. The number of piperidine rings is 1. The summed E-state index contributed by atoms with van der Waals surface area (Å²) in [5.41, 5.74) is 0. The molecule has 0 aliphatic carbocycles. The minimum atomic E-state index is 0.0611. The smallest absolute Gasteiger partial charge is 0.240 e. The summed E-state index contributed by atoms with van der Waals surface area (Å²) in [4.78, 5) is 14.4. The third-order valence-electron chi connectivity index (χ3n) is 3.78. The van der Waals surface area contributed by atoms with Gasteiger partial charge in [-0.15, -0.1) is 0 Å². The zero-order valence-corrected chi connectivity index (χ0v) is 10.8. The van der Waals surface area contributed by atoms with Crippen LogP contribution in [0.15, 0.2) is 0 Å². The van der Waals surface area contributed by atoms with Gasteiger partial charge in [-0.05, 0) is 39.2 Å². The summed E-state index contributed by atoms with van der Waals surface area (Å²) in [6, 6.07) is 0.372. The highest BCUT2D eigenvalue weighted by molar-refractivity contribution is 5.82. The first kappa shape index (κ1) is 12.8. The van der Waals surface area contributed by atoms with Crippen LogP contribution in [-0.4, -0.2) is 49.2 Å². The minimum absolute atomic E-state index is 0.0611.